The number of hydrazine groups is 1. The number of rotatable bonds is 6. The summed E-state index contributed by atoms with van der Waals surface area (Å²) in [6.45, 7) is 14.0. The van der Waals surface area contributed by atoms with E-state index in [1.165, 1.54) is 15.4 Å². The fourth-order valence-corrected chi connectivity index (χ4v) is 5.67. The molecule has 3 rings (SSSR count). The van der Waals surface area contributed by atoms with Gasteiger partial charge in [-0.2, -0.15) is 0 Å². The maximum Gasteiger partial charge on any atom is 0.0967 e. The summed E-state index contributed by atoms with van der Waals surface area (Å²) in [6.07, 6.45) is 5.29. The Kier molecular flexibility index (Phi) is 12.6. The summed E-state index contributed by atoms with van der Waals surface area (Å²) in [5.41, 5.74) is 7.96. The van der Waals surface area contributed by atoms with Gasteiger partial charge in [0.2, 0.25) is 0 Å². The smallest absolute Gasteiger partial charge is 0.0967 e. The van der Waals surface area contributed by atoms with Gasteiger partial charge in [0, 0.05) is 71.7 Å². The van der Waals surface area contributed by atoms with E-state index in [0.717, 1.165) is 36.9 Å². The number of thiophene rings is 1. The lowest BCUT2D eigenvalue weighted by atomic mass is 9.80. The van der Waals surface area contributed by atoms with Crippen LogP contribution in [0, 0.1) is 0 Å². The highest BCUT2D eigenvalue weighted by Crippen LogP contribution is 2.48. The Labute approximate surface area is 200 Å². The number of fused-ring (bicyclic) bond motifs is 2. The van der Waals surface area contributed by atoms with Crippen LogP contribution in [0.3, 0.4) is 0 Å². The third-order valence-corrected chi connectivity index (χ3v) is 7.57. The molecule has 1 aromatic rings. The molecular weight excluding hydrogens is 452 g/mol. The highest BCUT2D eigenvalue weighted by Gasteiger charge is 2.43. The molecule has 0 aliphatic carbocycles. The van der Waals surface area contributed by atoms with Crippen LogP contribution in [0.25, 0.3) is 0 Å². The van der Waals surface area contributed by atoms with E-state index < -0.39 is 10.8 Å². The Morgan fingerprint density at radius 2 is 2.00 bits per heavy atom. The third kappa shape index (κ3) is 8.02. The first kappa shape index (κ1) is 28.4. The highest BCUT2D eigenvalue weighted by atomic mass is 35.5. The van der Waals surface area contributed by atoms with Crippen molar-refractivity contribution in [2.75, 3.05) is 44.8 Å². The van der Waals surface area contributed by atoms with Crippen molar-refractivity contribution in [1.82, 2.24) is 9.91 Å². The average molecular weight is 493 g/mol. The van der Waals surface area contributed by atoms with Crippen molar-refractivity contribution >= 4 is 33.7 Å². The van der Waals surface area contributed by atoms with E-state index in [-0.39, 0.29) is 5.60 Å². The topological polar surface area (TPSA) is 84.8 Å². The molecule has 1 saturated heterocycles. The van der Waals surface area contributed by atoms with Gasteiger partial charge in [-0.3, -0.25) is 9.11 Å². The van der Waals surface area contributed by atoms with Crippen LogP contribution in [0.5, 0.6) is 0 Å². The predicted molar refractivity (Wildman–Crippen MR) is 136 cm³/mol. The van der Waals surface area contributed by atoms with Crippen LogP contribution >= 0.6 is 22.9 Å². The molecule has 0 bridgehead atoms. The first-order chi connectivity index (χ1) is 14.8. The summed E-state index contributed by atoms with van der Waals surface area (Å²) < 4.78 is 18.4. The summed E-state index contributed by atoms with van der Waals surface area (Å²) in [5.74, 6) is 6.85. The molecule has 180 valence electrons. The van der Waals surface area contributed by atoms with Gasteiger partial charge in [-0.1, -0.05) is 46.2 Å². The number of ether oxygens (including phenoxy) is 1. The van der Waals surface area contributed by atoms with Gasteiger partial charge < -0.3 is 15.5 Å². The minimum absolute atomic E-state index is 0.203. The van der Waals surface area contributed by atoms with Gasteiger partial charge in [-0.15, -0.1) is 11.3 Å². The Morgan fingerprint density at radius 1 is 1.39 bits per heavy atom. The molecule has 1 fully saturated rings. The maximum absolute atomic E-state index is 11.2. The Balaban J connectivity index is 0.00000113. The Bertz CT molecular complexity index is 718. The molecule has 0 aromatic carbocycles. The van der Waals surface area contributed by atoms with Crippen molar-refractivity contribution < 1.29 is 8.95 Å². The molecule has 2 aliphatic rings. The van der Waals surface area contributed by atoms with E-state index in [2.05, 4.69) is 17.9 Å². The molecule has 0 radical (unpaired) electrons. The largest absolute Gasteiger partial charge is 0.400 e. The van der Waals surface area contributed by atoms with Gasteiger partial charge in [0.25, 0.3) is 0 Å². The van der Waals surface area contributed by atoms with Crippen molar-refractivity contribution in [3.63, 3.8) is 0 Å². The van der Waals surface area contributed by atoms with Crippen LogP contribution < -0.4 is 11.6 Å². The molecule has 1 spiro atoms. The van der Waals surface area contributed by atoms with E-state index in [0.29, 0.717) is 30.5 Å². The minimum Gasteiger partial charge on any atom is -0.400 e. The molecule has 9 heteroatoms. The predicted octanol–water partition coefficient (Wildman–Crippen LogP) is 4.23. The zero-order valence-corrected chi connectivity index (χ0v) is 22.3. The molecule has 2 aliphatic heterocycles. The van der Waals surface area contributed by atoms with Crippen LogP contribution in [-0.2, 0) is 21.1 Å². The summed E-state index contributed by atoms with van der Waals surface area (Å²) in [6, 6.07) is 2.10. The molecule has 3 heterocycles. The number of piperidine rings is 1. The number of nitrogens with zero attached hydrogens (tertiary/aromatic N) is 2. The quantitative estimate of drug-likeness (QED) is 0.456. The lowest BCUT2D eigenvalue weighted by Crippen LogP contribution is -2.47. The standard InChI is InChI=1S/C18H29ClN4O2S2.2C2H6/c1-13-12-25-18(15-9-16(19)26-17(13)15)3-5-22(6-4-18)10-14(20)11-23(21)7-8-27(2)24;2*1-2/h9,11,13H,3-8,10,12,20-21H2,1-2H3;2*1-2H3/b14-11-;;. The van der Waals surface area contributed by atoms with E-state index >= 15 is 0 Å². The first-order valence-corrected chi connectivity index (χ1v) is 14.1. The van der Waals surface area contributed by atoms with Gasteiger partial charge in [-0.25, -0.2) is 5.84 Å². The molecule has 31 heavy (non-hydrogen) atoms. The number of likely N-dealkylation sites (tertiary alicyclic amines) is 1. The number of hydrogen-bond donors (Lipinski definition) is 2. The summed E-state index contributed by atoms with van der Waals surface area (Å²) in [5, 5.41) is 1.52. The van der Waals surface area contributed by atoms with Crippen molar-refractivity contribution in [2.24, 2.45) is 11.6 Å². The zero-order valence-electron chi connectivity index (χ0n) is 19.9. The van der Waals surface area contributed by atoms with Crippen LogP contribution in [-0.4, -0.2) is 58.9 Å². The lowest BCUT2D eigenvalue weighted by Gasteiger charge is -2.45. The fraction of sp³-hybridized carbons (Fsp3) is 0.727. The van der Waals surface area contributed by atoms with Crippen molar-refractivity contribution in [3.8, 4) is 0 Å². The molecule has 6 nitrogen and oxygen atoms in total. The average Bonchev–Trinajstić information content (AvgIpc) is 3.17. The SMILES string of the molecule is CC.CC.CC1COC2(CCN(C/C(N)=C/N(N)CCS(C)=O)CC2)c2cc(Cl)sc21. The van der Waals surface area contributed by atoms with Crippen molar-refractivity contribution in [3.05, 3.63) is 32.7 Å². The second-order valence-electron chi connectivity index (χ2n) is 7.53. The van der Waals surface area contributed by atoms with Crippen LogP contribution in [0.2, 0.25) is 4.34 Å². The molecule has 4 N–H and O–H groups in total. The minimum atomic E-state index is -0.857. The second kappa shape index (κ2) is 13.8. The molecule has 1 aromatic heterocycles. The van der Waals surface area contributed by atoms with Gasteiger partial charge in [0.1, 0.15) is 0 Å². The number of hydrogen-bond acceptors (Lipinski definition) is 7. The van der Waals surface area contributed by atoms with E-state index in [1.807, 2.05) is 27.7 Å². The van der Waals surface area contributed by atoms with E-state index in [9.17, 15) is 4.21 Å². The molecule has 2 unspecified atom stereocenters. The summed E-state index contributed by atoms with van der Waals surface area (Å²) in [7, 11) is -0.857. The molecule has 2 atom stereocenters. The maximum atomic E-state index is 11.2. The fourth-order valence-electron chi connectivity index (χ4n) is 3.83. The van der Waals surface area contributed by atoms with E-state index in [4.69, 9.17) is 27.9 Å². The zero-order chi connectivity index (χ0) is 23.6. The highest BCUT2D eigenvalue weighted by molar-refractivity contribution is 7.84. The summed E-state index contributed by atoms with van der Waals surface area (Å²) in [4.78, 5) is 3.71. The number of halogens is 1. The normalized spacial score (nSPS) is 21.3. The van der Waals surface area contributed by atoms with E-state index in [1.54, 1.807) is 23.8 Å². The van der Waals surface area contributed by atoms with Crippen LogP contribution in [0.4, 0.5) is 0 Å². The van der Waals surface area contributed by atoms with Crippen LogP contribution in [0.15, 0.2) is 18.0 Å². The molecule has 0 amide bonds. The van der Waals surface area contributed by atoms with Gasteiger partial charge >= 0.3 is 0 Å². The third-order valence-electron chi connectivity index (χ3n) is 5.32. The van der Waals surface area contributed by atoms with Crippen molar-refractivity contribution in [2.45, 2.75) is 59.0 Å². The van der Waals surface area contributed by atoms with Gasteiger partial charge in [0.05, 0.1) is 16.5 Å². The Morgan fingerprint density at radius 3 is 2.58 bits per heavy atom. The summed E-state index contributed by atoms with van der Waals surface area (Å²) >= 11 is 8.00. The molecule has 0 saturated carbocycles. The molecular formula is C22H41ClN4O2S2. The second-order valence-corrected chi connectivity index (χ2v) is 10.8. The van der Waals surface area contributed by atoms with Crippen molar-refractivity contribution in [1.29, 1.82) is 0 Å². The monoisotopic (exact) mass is 492 g/mol. The van der Waals surface area contributed by atoms with Gasteiger partial charge in [0.15, 0.2) is 0 Å². The van der Waals surface area contributed by atoms with Gasteiger partial charge in [-0.05, 0) is 24.5 Å². The number of nitrogens with two attached hydrogens (primary N) is 2. The van der Waals surface area contributed by atoms with Crippen LogP contribution in [0.1, 0.15) is 63.8 Å². The first-order valence-electron chi connectivity index (χ1n) is 11.2. The Hall–Kier alpha value is -0.640. The lowest BCUT2D eigenvalue weighted by molar-refractivity contribution is -0.102.